The van der Waals surface area contributed by atoms with Crippen molar-refractivity contribution in [2.45, 2.75) is 13.0 Å². The molecule has 1 fully saturated rings. The van der Waals surface area contributed by atoms with E-state index < -0.39 is 0 Å². The van der Waals surface area contributed by atoms with E-state index in [4.69, 9.17) is 4.74 Å². The Bertz CT molecular complexity index is 319. The second-order valence-corrected chi connectivity index (χ2v) is 3.63. The fraction of sp³-hybridized carbons (Fsp3) is 0.455. The molecule has 1 aromatic carbocycles. The lowest BCUT2D eigenvalue weighted by atomic mass is 10.1. The zero-order valence-electron chi connectivity index (χ0n) is 8.29. The first-order chi connectivity index (χ1) is 6.77. The molecule has 2 rings (SSSR count). The second-order valence-electron chi connectivity index (χ2n) is 3.63. The topological polar surface area (TPSA) is 41.5 Å². The molecule has 1 aliphatic heterocycles. The number of nitrogens with one attached hydrogen (secondary N) is 1. The molecular formula is C11H15NO2. The van der Waals surface area contributed by atoms with Crippen LogP contribution >= 0.6 is 0 Å². The summed E-state index contributed by atoms with van der Waals surface area (Å²) >= 11 is 0. The lowest BCUT2D eigenvalue weighted by Gasteiger charge is -2.24. The molecule has 1 saturated heterocycles. The van der Waals surface area contributed by atoms with Crippen LogP contribution in [0.5, 0.6) is 5.75 Å². The third-order valence-corrected chi connectivity index (χ3v) is 2.46. The van der Waals surface area contributed by atoms with Crippen molar-refractivity contribution in [2.24, 2.45) is 0 Å². The molecule has 3 heteroatoms. The Balaban J connectivity index is 2.22. The maximum absolute atomic E-state index is 9.74. The van der Waals surface area contributed by atoms with Gasteiger partial charge in [-0.05, 0) is 18.6 Å². The number of hydrogen-bond donors (Lipinski definition) is 2. The standard InChI is InChI=1S/C11H15NO2/c1-8-2-3-9(10(13)6-8)11-7-12-4-5-14-11/h2-3,6,11-13H,4-5,7H2,1H3. The van der Waals surface area contributed by atoms with E-state index in [0.717, 1.165) is 24.2 Å². The van der Waals surface area contributed by atoms with Gasteiger partial charge in [0.15, 0.2) is 0 Å². The van der Waals surface area contributed by atoms with Crippen LogP contribution < -0.4 is 5.32 Å². The van der Waals surface area contributed by atoms with Gasteiger partial charge in [0.25, 0.3) is 0 Å². The summed E-state index contributed by atoms with van der Waals surface area (Å²) in [6.45, 7) is 4.33. The largest absolute Gasteiger partial charge is 0.508 e. The highest BCUT2D eigenvalue weighted by molar-refractivity contribution is 5.37. The van der Waals surface area contributed by atoms with Crippen molar-refractivity contribution in [3.05, 3.63) is 29.3 Å². The van der Waals surface area contributed by atoms with Gasteiger partial charge in [-0.1, -0.05) is 12.1 Å². The first-order valence-electron chi connectivity index (χ1n) is 4.89. The highest BCUT2D eigenvalue weighted by Crippen LogP contribution is 2.28. The molecule has 0 bridgehead atoms. The molecule has 1 atom stereocenters. The summed E-state index contributed by atoms with van der Waals surface area (Å²) in [7, 11) is 0. The molecule has 1 aromatic rings. The molecule has 0 saturated carbocycles. The van der Waals surface area contributed by atoms with Crippen LogP contribution in [-0.4, -0.2) is 24.8 Å². The molecule has 2 N–H and O–H groups in total. The minimum Gasteiger partial charge on any atom is -0.508 e. The summed E-state index contributed by atoms with van der Waals surface area (Å²) in [6, 6.07) is 5.70. The molecule has 0 amide bonds. The predicted octanol–water partition coefficient (Wildman–Crippen LogP) is 1.36. The maximum atomic E-state index is 9.74. The smallest absolute Gasteiger partial charge is 0.121 e. The van der Waals surface area contributed by atoms with Crippen molar-refractivity contribution in [3.63, 3.8) is 0 Å². The summed E-state index contributed by atoms with van der Waals surface area (Å²) in [6.07, 6.45) is -0.00986. The van der Waals surface area contributed by atoms with E-state index in [1.165, 1.54) is 0 Å². The number of morpholine rings is 1. The van der Waals surface area contributed by atoms with Crippen LogP contribution in [-0.2, 0) is 4.74 Å². The van der Waals surface area contributed by atoms with E-state index in [9.17, 15) is 5.11 Å². The molecular weight excluding hydrogens is 178 g/mol. The normalized spacial score (nSPS) is 22.2. The van der Waals surface area contributed by atoms with Crippen LogP contribution in [0.4, 0.5) is 0 Å². The molecule has 3 nitrogen and oxygen atoms in total. The SMILES string of the molecule is Cc1ccc(C2CNCCO2)c(O)c1. The highest BCUT2D eigenvalue weighted by Gasteiger charge is 2.18. The van der Waals surface area contributed by atoms with Crippen LogP contribution in [0.25, 0.3) is 0 Å². The molecule has 14 heavy (non-hydrogen) atoms. The fourth-order valence-corrected chi connectivity index (χ4v) is 1.69. The van der Waals surface area contributed by atoms with Gasteiger partial charge in [-0.2, -0.15) is 0 Å². The molecule has 76 valence electrons. The van der Waals surface area contributed by atoms with Crippen LogP contribution in [0.2, 0.25) is 0 Å². The average Bonchev–Trinajstić information content (AvgIpc) is 2.19. The number of rotatable bonds is 1. The van der Waals surface area contributed by atoms with Crippen LogP contribution in [0.3, 0.4) is 0 Å². The lowest BCUT2D eigenvalue weighted by Crippen LogP contribution is -2.33. The van der Waals surface area contributed by atoms with E-state index >= 15 is 0 Å². The van der Waals surface area contributed by atoms with Crippen LogP contribution in [0.15, 0.2) is 18.2 Å². The Labute approximate surface area is 83.7 Å². The monoisotopic (exact) mass is 193 g/mol. The summed E-state index contributed by atoms with van der Waals surface area (Å²) in [4.78, 5) is 0. The van der Waals surface area contributed by atoms with Gasteiger partial charge in [0.05, 0.1) is 12.7 Å². The number of ether oxygens (including phenoxy) is 1. The molecule has 0 radical (unpaired) electrons. The van der Waals surface area contributed by atoms with Crippen molar-refractivity contribution in [3.8, 4) is 5.75 Å². The minimum absolute atomic E-state index is 0.00986. The Morgan fingerprint density at radius 3 is 3.00 bits per heavy atom. The van der Waals surface area contributed by atoms with Gasteiger partial charge in [-0.15, -0.1) is 0 Å². The first kappa shape index (κ1) is 9.49. The number of phenols is 1. The highest BCUT2D eigenvalue weighted by atomic mass is 16.5. The summed E-state index contributed by atoms with van der Waals surface area (Å²) < 4.78 is 5.56. The fourth-order valence-electron chi connectivity index (χ4n) is 1.69. The Morgan fingerprint density at radius 2 is 2.36 bits per heavy atom. The number of benzene rings is 1. The van der Waals surface area contributed by atoms with E-state index in [0.29, 0.717) is 12.4 Å². The van der Waals surface area contributed by atoms with E-state index in [-0.39, 0.29) is 6.10 Å². The molecule has 1 heterocycles. The Morgan fingerprint density at radius 1 is 1.50 bits per heavy atom. The Hall–Kier alpha value is -1.06. The van der Waals surface area contributed by atoms with Gasteiger partial charge in [0, 0.05) is 18.7 Å². The third kappa shape index (κ3) is 1.89. The van der Waals surface area contributed by atoms with Crippen molar-refractivity contribution < 1.29 is 9.84 Å². The number of aryl methyl sites for hydroxylation is 1. The van der Waals surface area contributed by atoms with Gasteiger partial charge < -0.3 is 15.2 Å². The van der Waals surface area contributed by atoms with Crippen molar-refractivity contribution in [1.82, 2.24) is 5.32 Å². The van der Waals surface area contributed by atoms with Gasteiger partial charge in [0.2, 0.25) is 0 Å². The number of phenolic OH excluding ortho intramolecular Hbond substituents is 1. The third-order valence-electron chi connectivity index (χ3n) is 2.46. The minimum atomic E-state index is -0.00986. The van der Waals surface area contributed by atoms with Gasteiger partial charge in [-0.3, -0.25) is 0 Å². The van der Waals surface area contributed by atoms with E-state index in [1.54, 1.807) is 6.07 Å². The second kappa shape index (κ2) is 3.98. The van der Waals surface area contributed by atoms with Crippen LogP contribution in [0, 0.1) is 6.92 Å². The maximum Gasteiger partial charge on any atom is 0.121 e. The van der Waals surface area contributed by atoms with E-state index in [2.05, 4.69) is 5.32 Å². The summed E-state index contributed by atoms with van der Waals surface area (Å²) in [5.41, 5.74) is 1.94. The summed E-state index contributed by atoms with van der Waals surface area (Å²) in [5, 5.41) is 13.0. The zero-order chi connectivity index (χ0) is 9.97. The number of aromatic hydroxyl groups is 1. The molecule has 1 aliphatic rings. The van der Waals surface area contributed by atoms with Crippen LogP contribution in [0.1, 0.15) is 17.2 Å². The van der Waals surface area contributed by atoms with Gasteiger partial charge in [0.1, 0.15) is 5.75 Å². The number of hydrogen-bond acceptors (Lipinski definition) is 3. The van der Waals surface area contributed by atoms with Crippen molar-refractivity contribution >= 4 is 0 Å². The summed E-state index contributed by atoms with van der Waals surface area (Å²) in [5.74, 6) is 0.332. The molecule has 0 aromatic heterocycles. The lowest BCUT2D eigenvalue weighted by molar-refractivity contribution is 0.0263. The molecule has 0 spiro atoms. The quantitative estimate of drug-likeness (QED) is 0.707. The van der Waals surface area contributed by atoms with Crippen molar-refractivity contribution in [2.75, 3.05) is 19.7 Å². The van der Waals surface area contributed by atoms with E-state index in [1.807, 2.05) is 19.1 Å². The Kier molecular flexibility index (Phi) is 2.70. The molecule has 1 unspecified atom stereocenters. The van der Waals surface area contributed by atoms with Gasteiger partial charge in [-0.25, -0.2) is 0 Å². The average molecular weight is 193 g/mol. The first-order valence-corrected chi connectivity index (χ1v) is 4.89. The zero-order valence-corrected chi connectivity index (χ0v) is 8.29. The predicted molar refractivity (Wildman–Crippen MR) is 54.4 cm³/mol. The van der Waals surface area contributed by atoms with Gasteiger partial charge >= 0.3 is 0 Å². The van der Waals surface area contributed by atoms with Crippen molar-refractivity contribution in [1.29, 1.82) is 0 Å². The molecule has 0 aliphatic carbocycles.